The molecule has 0 radical (unpaired) electrons. The SMILES string of the molecule is CN(Cc1nc(-c2cccs2)no1)C(=O)CCc1ccccc1Cl. The summed E-state index contributed by atoms with van der Waals surface area (Å²) in [4.78, 5) is 19.1. The maximum absolute atomic E-state index is 12.3. The maximum Gasteiger partial charge on any atom is 0.246 e. The van der Waals surface area contributed by atoms with Crippen LogP contribution in [0.25, 0.3) is 10.7 Å². The lowest BCUT2D eigenvalue weighted by atomic mass is 10.1. The van der Waals surface area contributed by atoms with Crippen molar-refractivity contribution < 1.29 is 9.32 Å². The second kappa shape index (κ2) is 7.59. The highest BCUT2D eigenvalue weighted by Gasteiger charge is 2.15. The summed E-state index contributed by atoms with van der Waals surface area (Å²) >= 11 is 7.66. The Morgan fingerprint density at radius 2 is 2.12 bits per heavy atom. The van der Waals surface area contributed by atoms with E-state index in [1.54, 1.807) is 23.3 Å². The Hall–Kier alpha value is -2.18. The first kappa shape index (κ1) is 16.7. The third kappa shape index (κ3) is 4.01. The van der Waals surface area contributed by atoms with E-state index < -0.39 is 0 Å². The molecule has 0 aliphatic carbocycles. The highest BCUT2D eigenvalue weighted by atomic mass is 35.5. The summed E-state index contributed by atoms with van der Waals surface area (Å²) < 4.78 is 5.22. The van der Waals surface area contributed by atoms with Gasteiger partial charge in [-0.2, -0.15) is 4.98 Å². The van der Waals surface area contributed by atoms with Crippen molar-refractivity contribution in [1.82, 2.24) is 15.0 Å². The molecule has 0 aliphatic rings. The van der Waals surface area contributed by atoms with Gasteiger partial charge in [0.25, 0.3) is 0 Å². The lowest BCUT2D eigenvalue weighted by Crippen LogP contribution is -2.26. The van der Waals surface area contributed by atoms with Crippen molar-refractivity contribution in [2.75, 3.05) is 7.05 Å². The molecule has 0 atom stereocenters. The molecule has 0 bridgehead atoms. The Kier molecular flexibility index (Phi) is 5.27. The van der Waals surface area contributed by atoms with Gasteiger partial charge in [0.15, 0.2) is 0 Å². The van der Waals surface area contributed by atoms with Gasteiger partial charge in [-0.25, -0.2) is 0 Å². The zero-order valence-electron chi connectivity index (χ0n) is 13.1. The molecule has 124 valence electrons. The van der Waals surface area contributed by atoms with Crippen molar-refractivity contribution in [3.63, 3.8) is 0 Å². The van der Waals surface area contributed by atoms with Crippen LogP contribution in [0.1, 0.15) is 17.9 Å². The van der Waals surface area contributed by atoms with E-state index in [4.69, 9.17) is 16.1 Å². The topological polar surface area (TPSA) is 59.2 Å². The highest BCUT2D eigenvalue weighted by molar-refractivity contribution is 7.13. The normalized spacial score (nSPS) is 10.8. The molecule has 1 aromatic carbocycles. The Morgan fingerprint density at radius 3 is 2.88 bits per heavy atom. The molecule has 0 saturated carbocycles. The number of nitrogens with zero attached hydrogens (tertiary/aromatic N) is 3. The summed E-state index contributed by atoms with van der Waals surface area (Å²) in [7, 11) is 1.73. The van der Waals surface area contributed by atoms with Gasteiger partial charge in [0.2, 0.25) is 17.6 Å². The molecule has 3 rings (SSSR count). The van der Waals surface area contributed by atoms with Crippen LogP contribution in [0.2, 0.25) is 5.02 Å². The second-order valence-electron chi connectivity index (χ2n) is 5.33. The number of carbonyl (C=O) groups excluding carboxylic acids is 1. The second-order valence-corrected chi connectivity index (χ2v) is 6.69. The molecule has 24 heavy (non-hydrogen) atoms. The van der Waals surface area contributed by atoms with E-state index in [0.29, 0.717) is 36.1 Å². The molecule has 2 aromatic heterocycles. The zero-order valence-corrected chi connectivity index (χ0v) is 14.7. The molecule has 0 fully saturated rings. The number of amides is 1. The van der Waals surface area contributed by atoms with Gasteiger partial charge in [0, 0.05) is 18.5 Å². The van der Waals surface area contributed by atoms with Crippen molar-refractivity contribution in [3.05, 3.63) is 58.3 Å². The van der Waals surface area contributed by atoms with Crippen molar-refractivity contribution in [2.45, 2.75) is 19.4 Å². The van der Waals surface area contributed by atoms with Crippen LogP contribution in [-0.4, -0.2) is 28.0 Å². The molecule has 0 N–H and O–H groups in total. The summed E-state index contributed by atoms with van der Waals surface area (Å²) in [6.45, 7) is 0.291. The van der Waals surface area contributed by atoms with Crippen LogP contribution in [-0.2, 0) is 17.8 Å². The molecule has 5 nitrogen and oxygen atoms in total. The molecule has 0 aliphatic heterocycles. The van der Waals surface area contributed by atoms with Gasteiger partial charge in [-0.3, -0.25) is 4.79 Å². The van der Waals surface area contributed by atoms with E-state index >= 15 is 0 Å². The predicted octanol–water partition coefficient (Wildman–Crippen LogP) is 4.04. The van der Waals surface area contributed by atoms with Crippen LogP contribution in [0.4, 0.5) is 0 Å². The van der Waals surface area contributed by atoms with Gasteiger partial charge in [-0.15, -0.1) is 11.3 Å². The van der Waals surface area contributed by atoms with Gasteiger partial charge in [-0.05, 0) is 29.5 Å². The van der Waals surface area contributed by atoms with Crippen LogP contribution < -0.4 is 0 Å². The first-order valence-electron chi connectivity index (χ1n) is 7.47. The molecular formula is C17H16ClN3O2S. The third-order valence-electron chi connectivity index (χ3n) is 3.57. The van der Waals surface area contributed by atoms with Crippen LogP contribution >= 0.6 is 22.9 Å². The van der Waals surface area contributed by atoms with Gasteiger partial charge in [0.1, 0.15) is 0 Å². The monoisotopic (exact) mass is 361 g/mol. The predicted molar refractivity (Wildman–Crippen MR) is 93.9 cm³/mol. The van der Waals surface area contributed by atoms with E-state index in [1.807, 2.05) is 41.8 Å². The van der Waals surface area contributed by atoms with Crippen LogP contribution in [0.15, 0.2) is 46.3 Å². The first-order chi connectivity index (χ1) is 11.6. The van der Waals surface area contributed by atoms with E-state index in [0.717, 1.165) is 10.4 Å². The number of thiophene rings is 1. The smallest absolute Gasteiger partial charge is 0.246 e. The summed E-state index contributed by atoms with van der Waals surface area (Å²) in [5.74, 6) is 0.981. The largest absolute Gasteiger partial charge is 0.337 e. The molecule has 3 aromatic rings. The number of carbonyl (C=O) groups is 1. The fourth-order valence-corrected chi connectivity index (χ4v) is 3.13. The van der Waals surface area contributed by atoms with Crippen molar-refractivity contribution >= 4 is 28.8 Å². The molecule has 1 amide bonds. The van der Waals surface area contributed by atoms with Gasteiger partial charge >= 0.3 is 0 Å². The van der Waals surface area contributed by atoms with Crippen molar-refractivity contribution in [1.29, 1.82) is 0 Å². The summed E-state index contributed by atoms with van der Waals surface area (Å²) in [5.41, 5.74) is 0.971. The molecule has 7 heteroatoms. The number of halogens is 1. The minimum absolute atomic E-state index is 0.00536. The van der Waals surface area contributed by atoms with Crippen LogP contribution in [0.3, 0.4) is 0 Å². The Morgan fingerprint density at radius 1 is 1.29 bits per heavy atom. The Labute approximate surface area is 148 Å². The Bertz CT molecular complexity index is 817. The van der Waals surface area contributed by atoms with Crippen LogP contribution in [0, 0.1) is 0 Å². The number of benzene rings is 1. The molecular weight excluding hydrogens is 346 g/mol. The number of aromatic nitrogens is 2. The summed E-state index contributed by atoms with van der Waals surface area (Å²) in [6.07, 6.45) is 0.985. The van der Waals surface area contributed by atoms with Gasteiger partial charge in [-0.1, -0.05) is 41.0 Å². The molecule has 0 saturated heterocycles. The van der Waals surface area contributed by atoms with Gasteiger partial charge in [0.05, 0.1) is 11.4 Å². The molecule has 0 spiro atoms. The average molecular weight is 362 g/mol. The number of hydrogen-bond donors (Lipinski definition) is 0. The van der Waals surface area contributed by atoms with E-state index in [9.17, 15) is 4.79 Å². The number of rotatable bonds is 6. The first-order valence-corrected chi connectivity index (χ1v) is 8.73. The highest BCUT2D eigenvalue weighted by Crippen LogP contribution is 2.21. The van der Waals surface area contributed by atoms with Crippen LogP contribution in [0.5, 0.6) is 0 Å². The van der Waals surface area contributed by atoms with Crippen molar-refractivity contribution in [2.24, 2.45) is 0 Å². The number of hydrogen-bond acceptors (Lipinski definition) is 5. The standard InChI is InChI=1S/C17H16ClN3O2S/c1-21(16(22)9-8-12-5-2-3-6-13(12)18)11-15-19-17(20-23-15)14-7-4-10-24-14/h2-7,10H,8-9,11H2,1H3. The lowest BCUT2D eigenvalue weighted by Gasteiger charge is -2.14. The molecule has 0 unspecified atom stereocenters. The minimum atomic E-state index is 0.00536. The zero-order chi connectivity index (χ0) is 16.9. The quantitative estimate of drug-likeness (QED) is 0.664. The Balaban J connectivity index is 1.55. The number of aryl methyl sites for hydroxylation is 1. The summed E-state index contributed by atoms with van der Waals surface area (Å²) in [5, 5.41) is 6.58. The fraction of sp³-hybridized carbons (Fsp3) is 0.235. The van der Waals surface area contributed by atoms with E-state index in [1.165, 1.54) is 0 Å². The van der Waals surface area contributed by atoms with E-state index in [2.05, 4.69) is 10.1 Å². The minimum Gasteiger partial charge on any atom is -0.337 e. The lowest BCUT2D eigenvalue weighted by molar-refractivity contribution is -0.130. The van der Waals surface area contributed by atoms with E-state index in [-0.39, 0.29) is 5.91 Å². The van der Waals surface area contributed by atoms with Gasteiger partial charge < -0.3 is 9.42 Å². The average Bonchev–Trinajstić information content (AvgIpc) is 3.25. The summed E-state index contributed by atoms with van der Waals surface area (Å²) in [6, 6.07) is 11.4. The fourth-order valence-electron chi connectivity index (χ4n) is 2.25. The van der Waals surface area contributed by atoms with Crippen molar-refractivity contribution in [3.8, 4) is 10.7 Å². The maximum atomic E-state index is 12.3. The molecule has 2 heterocycles. The third-order valence-corrected chi connectivity index (χ3v) is 4.81.